The summed E-state index contributed by atoms with van der Waals surface area (Å²) >= 11 is 0. The Balaban J connectivity index is 2.66. The van der Waals surface area contributed by atoms with E-state index >= 15 is 0 Å². The van der Waals surface area contributed by atoms with Crippen LogP contribution in [0.4, 0.5) is 0 Å². The van der Waals surface area contributed by atoms with E-state index in [1.807, 2.05) is 0 Å². The molecule has 116 valence electrons. The van der Waals surface area contributed by atoms with Crippen LogP contribution in [0.5, 0.6) is 0 Å². The van der Waals surface area contributed by atoms with Gasteiger partial charge < -0.3 is 0 Å². The lowest BCUT2D eigenvalue weighted by Crippen LogP contribution is -2.10. The Kier molecular flexibility index (Phi) is 6.08. The molecule has 0 heterocycles. The van der Waals surface area contributed by atoms with Gasteiger partial charge in [0.25, 0.3) is 0 Å². The Bertz CT molecular complexity index is 506. The molecule has 0 spiro atoms. The van der Waals surface area contributed by atoms with Crippen molar-refractivity contribution < 1.29 is 0 Å². The zero-order chi connectivity index (χ0) is 15.2. The minimum absolute atomic E-state index is 1.17. The lowest BCUT2D eigenvalue weighted by molar-refractivity contribution is 0.793. The second-order valence-corrected chi connectivity index (χ2v) is 6.41. The summed E-state index contributed by atoms with van der Waals surface area (Å²) in [6.45, 7) is 9.30. The van der Waals surface area contributed by atoms with Crippen molar-refractivity contribution in [1.29, 1.82) is 0 Å². The first kappa shape index (κ1) is 16.3. The van der Waals surface area contributed by atoms with E-state index in [4.69, 9.17) is 0 Å². The fourth-order valence-corrected chi connectivity index (χ4v) is 3.97. The highest BCUT2D eigenvalue weighted by molar-refractivity contribution is 5.69. The first-order chi connectivity index (χ1) is 10.3. The van der Waals surface area contributed by atoms with Crippen LogP contribution >= 0.6 is 0 Å². The van der Waals surface area contributed by atoms with Crippen LogP contribution in [0.2, 0.25) is 0 Å². The van der Waals surface area contributed by atoms with Gasteiger partial charge in [-0.2, -0.15) is 0 Å². The summed E-state index contributed by atoms with van der Waals surface area (Å²) in [7, 11) is 0. The average molecular weight is 284 g/mol. The van der Waals surface area contributed by atoms with E-state index < -0.39 is 0 Å². The maximum atomic E-state index is 2.41. The zero-order valence-electron chi connectivity index (χ0n) is 14.5. The fraction of sp³-hybridized carbons (Fsp3) is 0.619. The van der Waals surface area contributed by atoms with Crippen LogP contribution in [0.25, 0.3) is 6.08 Å². The summed E-state index contributed by atoms with van der Waals surface area (Å²) in [5, 5.41) is 0. The molecule has 0 N–H and O–H groups in total. The van der Waals surface area contributed by atoms with E-state index in [-0.39, 0.29) is 0 Å². The molecule has 2 rings (SSSR count). The second kappa shape index (κ2) is 7.82. The third-order valence-electron chi connectivity index (χ3n) is 4.71. The third-order valence-corrected chi connectivity index (χ3v) is 4.71. The molecule has 1 aliphatic carbocycles. The number of hydrogen-bond acceptors (Lipinski definition) is 0. The Hall–Kier alpha value is -1.04. The normalized spacial score (nSPS) is 13.0. The van der Waals surface area contributed by atoms with Gasteiger partial charge in [0.2, 0.25) is 0 Å². The summed E-state index contributed by atoms with van der Waals surface area (Å²) in [6, 6.07) is 0. The van der Waals surface area contributed by atoms with Gasteiger partial charge in [0.15, 0.2) is 0 Å². The van der Waals surface area contributed by atoms with E-state index in [0.29, 0.717) is 0 Å². The van der Waals surface area contributed by atoms with Crippen molar-refractivity contribution in [3.63, 3.8) is 0 Å². The second-order valence-electron chi connectivity index (χ2n) is 6.41. The first-order valence-electron chi connectivity index (χ1n) is 9.13. The predicted octanol–water partition coefficient (Wildman–Crippen LogP) is 6.07. The lowest BCUT2D eigenvalue weighted by Gasteiger charge is -2.24. The molecular formula is C21H32. The first-order valence-corrected chi connectivity index (χ1v) is 9.13. The summed E-state index contributed by atoms with van der Waals surface area (Å²) in [5.74, 6) is 0. The number of fused-ring (bicyclic) bond motifs is 1. The molecule has 0 unspecified atom stereocenters. The van der Waals surface area contributed by atoms with Gasteiger partial charge in [0, 0.05) is 0 Å². The van der Waals surface area contributed by atoms with Gasteiger partial charge in [-0.3, -0.25) is 0 Å². The molecule has 1 aromatic carbocycles. The molecule has 1 aromatic rings. The van der Waals surface area contributed by atoms with Crippen molar-refractivity contribution in [1.82, 2.24) is 0 Å². The van der Waals surface area contributed by atoms with Crippen LogP contribution < -0.4 is 0 Å². The van der Waals surface area contributed by atoms with Crippen molar-refractivity contribution in [2.45, 2.75) is 85.5 Å². The van der Waals surface area contributed by atoms with Crippen molar-refractivity contribution in [3.05, 3.63) is 39.5 Å². The predicted molar refractivity (Wildman–Crippen MR) is 95.2 cm³/mol. The molecule has 1 aliphatic rings. The van der Waals surface area contributed by atoms with Crippen molar-refractivity contribution >= 4 is 6.08 Å². The molecule has 0 aliphatic heterocycles. The van der Waals surface area contributed by atoms with Gasteiger partial charge in [0.05, 0.1) is 0 Å². The Labute approximate surface area is 131 Å². The topological polar surface area (TPSA) is 0 Å². The van der Waals surface area contributed by atoms with E-state index in [0.717, 1.165) is 0 Å². The summed E-state index contributed by atoms with van der Waals surface area (Å²) < 4.78 is 0. The Morgan fingerprint density at radius 3 is 1.71 bits per heavy atom. The van der Waals surface area contributed by atoms with E-state index in [1.54, 1.807) is 33.4 Å². The molecular weight excluding hydrogens is 252 g/mol. The third kappa shape index (κ3) is 3.25. The zero-order valence-corrected chi connectivity index (χ0v) is 14.5. The van der Waals surface area contributed by atoms with Gasteiger partial charge in [-0.25, -0.2) is 0 Å². The fourth-order valence-electron chi connectivity index (χ4n) is 3.97. The molecule has 0 fully saturated rings. The van der Waals surface area contributed by atoms with E-state index in [9.17, 15) is 0 Å². The molecule has 0 nitrogen and oxygen atoms in total. The van der Waals surface area contributed by atoms with Gasteiger partial charge in [-0.15, -0.1) is 0 Å². The molecule has 0 atom stereocenters. The Morgan fingerprint density at radius 2 is 1.14 bits per heavy atom. The number of benzene rings is 1. The number of rotatable bonds is 8. The van der Waals surface area contributed by atoms with Crippen LogP contribution in [0.3, 0.4) is 0 Å². The molecule has 0 saturated heterocycles. The van der Waals surface area contributed by atoms with Gasteiger partial charge in [-0.05, 0) is 65.5 Å². The number of allylic oxidation sites excluding steroid dienone is 1. The summed E-state index contributed by atoms with van der Waals surface area (Å²) in [5.41, 5.74) is 10.1. The minimum Gasteiger partial charge on any atom is -0.0795 e. The standard InChI is InChI=1S/C21H32/c1-5-10-16-17(11-6-2)19(13-8-4)21-15-9-14-20(21)18(16)12-7-3/h9,14H,5-8,10-13,15H2,1-4H3. The van der Waals surface area contributed by atoms with E-state index in [2.05, 4.69) is 39.8 Å². The van der Waals surface area contributed by atoms with Crippen LogP contribution in [0.1, 0.15) is 86.8 Å². The molecule has 0 heteroatoms. The van der Waals surface area contributed by atoms with Crippen molar-refractivity contribution in [2.24, 2.45) is 0 Å². The SMILES string of the molecule is CCCc1c2c(c(CCC)c(CCC)c1CCC)CC=C2. The lowest BCUT2D eigenvalue weighted by atomic mass is 9.81. The highest BCUT2D eigenvalue weighted by atomic mass is 14.3. The maximum absolute atomic E-state index is 2.41. The van der Waals surface area contributed by atoms with Gasteiger partial charge in [0.1, 0.15) is 0 Å². The molecule has 0 amide bonds. The summed E-state index contributed by atoms with van der Waals surface area (Å²) in [4.78, 5) is 0. The smallest absolute Gasteiger partial charge is 0.00852 e. The molecule has 0 saturated carbocycles. The van der Waals surface area contributed by atoms with Crippen molar-refractivity contribution in [3.8, 4) is 0 Å². The maximum Gasteiger partial charge on any atom is -0.00852 e. The highest BCUT2D eigenvalue weighted by Gasteiger charge is 2.22. The van der Waals surface area contributed by atoms with Crippen LogP contribution in [0, 0.1) is 0 Å². The molecule has 0 radical (unpaired) electrons. The molecule has 21 heavy (non-hydrogen) atoms. The summed E-state index contributed by atoms with van der Waals surface area (Å²) in [6.07, 6.45) is 16.1. The monoisotopic (exact) mass is 284 g/mol. The van der Waals surface area contributed by atoms with Crippen molar-refractivity contribution in [2.75, 3.05) is 0 Å². The van der Waals surface area contributed by atoms with Gasteiger partial charge in [-0.1, -0.05) is 65.5 Å². The molecule has 0 bridgehead atoms. The Morgan fingerprint density at radius 1 is 0.667 bits per heavy atom. The van der Waals surface area contributed by atoms with Crippen LogP contribution in [-0.4, -0.2) is 0 Å². The minimum atomic E-state index is 1.17. The van der Waals surface area contributed by atoms with Crippen LogP contribution in [-0.2, 0) is 32.1 Å². The number of hydrogen-bond donors (Lipinski definition) is 0. The van der Waals surface area contributed by atoms with Gasteiger partial charge >= 0.3 is 0 Å². The van der Waals surface area contributed by atoms with E-state index in [1.165, 1.54) is 57.8 Å². The average Bonchev–Trinajstić information content (AvgIpc) is 2.95. The highest BCUT2D eigenvalue weighted by Crippen LogP contribution is 2.36. The largest absolute Gasteiger partial charge is 0.0795 e. The van der Waals surface area contributed by atoms with Crippen LogP contribution in [0.15, 0.2) is 6.08 Å². The molecule has 0 aromatic heterocycles. The quantitative estimate of drug-likeness (QED) is 0.544.